The lowest BCUT2D eigenvalue weighted by atomic mass is 9.96. The maximum absolute atomic E-state index is 13.5. The summed E-state index contributed by atoms with van der Waals surface area (Å²) in [6, 6.07) is 5.36. The zero-order chi connectivity index (χ0) is 10.7. The molecule has 1 rings (SSSR count). The first kappa shape index (κ1) is 10.7. The van der Waals surface area contributed by atoms with Crippen molar-refractivity contribution in [1.82, 2.24) is 0 Å². The highest BCUT2D eigenvalue weighted by Crippen LogP contribution is 2.21. The summed E-state index contributed by atoms with van der Waals surface area (Å²) < 4.78 is 13.5. The minimum atomic E-state index is -0.254. The quantitative estimate of drug-likeness (QED) is 0.703. The molecule has 0 radical (unpaired) electrons. The molecule has 0 spiro atoms. The van der Waals surface area contributed by atoms with Gasteiger partial charge in [-0.2, -0.15) is 5.26 Å². The molecule has 0 bridgehead atoms. The molecule has 0 aliphatic heterocycles. The van der Waals surface area contributed by atoms with Gasteiger partial charge in [-0.15, -0.1) is 0 Å². The van der Waals surface area contributed by atoms with Gasteiger partial charge in [-0.25, -0.2) is 4.39 Å². The first-order valence-corrected chi connectivity index (χ1v) is 4.82. The summed E-state index contributed by atoms with van der Waals surface area (Å²) >= 11 is 0. The molecular formula is C12H14FN. The van der Waals surface area contributed by atoms with Crippen molar-refractivity contribution in [2.75, 3.05) is 0 Å². The molecule has 1 aromatic rings. The third-order valence-electron chi connectivity index (χ3n) is 2.36. The standard InChI is InChI=1S/C12H14FN/c1-4-11-10(7-14)5-9(8(2)3)6-12(11)13/h5-6,8H,4H2,1-3H3. The molecule has 0 saturated heterocycles. The summed E-state index contributed by atoms with van der Waals surface area (Å²) in [7, 11) is 0. The predicted octanol–water partition coefficient (Wildman–Crippen LogP) is 3.38. The van der Waals surface area contributed by atoms with Crippen LogP contribution >= 0.6 is 0 Å². The first-order chi connectivity index (χ1) is 6.60. The van der Waals surface area contributed by atoms with Crippen LogP contribution in [0.3, 0.4) is 0 Å². The molecule has 0 amide bonds. The fourth-order valence-electron chi connectivity index (χ4n) is 1.45. The Balaban J connectivity index is 3.33. The van der Waals surface area contributed by atoms with E-state index < -0.39 is 0 Å². The van der Waals surface area contributed by atoms with Crippen LogP contribution in [0.2, 0.25) is 0 Å². The molecule has 0 fully saturated rings. The molecule has 0 heterocycles. The Morgan fingerprint density at radius 2 is 2.07 bits per heavy atom. The molecule has 0 saturated carbocycles. The Hall–Kier alpha value is -1.36. The maximum atomic E-state index is 13.5. The molecule has 2 heteroatoms. The Morgan fingerprint density at radius 3 is 2.50 bits per heavy atom. The van der Waals surface area contributed by atoms with E-state index >= 15 is 0 Å². The smallest absolute Gasteiger partial charge is 0.127 e. The van der Waals surface area contributed by atoms with Gasteiger partial charge in [-0.1, -0.05) is 20.8 Å². The minimum Gasteiger partial charge on any atom is -0.207 e. The van der Waals surface area contributed by atoms with Crippen LogP contribution in [0.5, 0.6) is 0 Å². The predicted molar refractivity (Wildman–Crippen MR) is 54.6 cm³/mol. The molecule has 0 atom stereocenters. The molecule has 0 aromatic heterocycles. The number of hydrogen-bond donors (Lipinski definition) is 0. The summed E-state index contributed by atoms with van der Waals surface area (Å²) in [5, 5.41) is 8.86. The minimum absolute atomic E-state index is 0.252. The largest absolute Gasteiger partial charge is 0.207 e. The van der Waals surface area contributed by atoms with E-state index in [0.717, 1.165) is 5.56 Å². The van der Waals surface area contributed by atoms with Crippen LogP contribution in [-0.2, 0) is 6.42 Å². The lowest BCUT2D eigenvalue weighted by Gasteiger charge is -2.09. The number of nitriles is 1. The summed E-state index contributed by atoms with van der Waals surface area (Å²) in [5.74, 6) is -0.00208. The van der Waals surface area contributed by atoms with Gasteiger partial charge in [0.2, 0.25) is 0 Å². The van der Waals surface area contributed by atoms with Crippen LogP contribution in [-0.4, -0.2) is 0 Å². The molecular weight excluding hydrogens is 177 g/mol. The fourth-order valence-corrected chi connectivity index (χ4v) is 1.45. The van der Waals surface area contributed by atoms with E-state index in [-0.39, 0.29) is 11.7 Å². The molecule has 1 nitrogen and oxygen atoms in total. The Morgan fingerprint density at radius 1 is 1.43 bits per heavy atom. The molecule has 74 valence electrons. The zero-order valence-corrected chi connectivity index (χ0v) is 8.76. The van der Waals surface area contributed by atoms with Gasteiger partial charge in [0.05, 0.1) is 11.6 Å². The Kier molecular flexibility index (Phi) is 3.24. The lowest BCUT2D eigenvalue weighted by Crippen LogP contribution is -1.98. The number of benzene rings is 1. The SMILES string of the molecule is CCc1c(F)cc(C(C)C)cc1C#N. The highest BCUT2D eigenvalue weighted by Gasteiger charge is 2.10. The highest BCUT2D eigenvalue weighted by atomic mass is 19.1. The molecule has 1 aromatic carbocycles. The van der Waals surface area contributed by atoms with E-state index in [1.807, 2.05) is 26.8 Å². The maximum Gasteiger partial charge on any atom is 0.127 e. The lowest BCUT2D eigenvalue weighted by molar-refractivity contribution is 0.607. The normalized spacial score (nSPS) is 10.3. The molecule has 0 aliphatic rings. The first-order valence-electron chi connectivity index (χ1n) is 4.82. The van der Waals surface area contributed by atoms with Crippen LogP contribution in [0.15, 0.2) is 12.1 Å². The van der Waals surface area contributed by atoms with E-state index in [9.17, 15) is 4.39 Å². The van der Waals surface area contributed by atoms with Crippen molar-refractivity contribution in [3.63, 3.8) is 0 Å². The van der Waals surface area contributed by atoms with Gasteiger partial charge in [0.15, 0.2) is 0 Å². The van der Waals surface area contributed by atoms with Gasteiger partial charge in [-0.05, 0) is 30.0 Å². The zero-order valence-electron chi connectivity index (χ0n) is 8.76. The van der Waals surface area contributed by atoms with Crippen LogP contribution < -0.4 is 0 Å². The van der Waals surface area contributed by atoms with Crippen LogP contribution in [0, 0.1) is 17.1 Å². The molecule has 0 aliphatic carbocycles. The average molecular weight is 191 g/mol. The fraction of sp³-hybridized carbons (Fsp3) is 0.417. The van der Waals surface area contributed by atoms with E-state index in [2.05, 4.69) is 0 Å². The van der Waals surface area contributed by atoms with Crippen LogP contribution in [0.25, 0.3) is 0 Å². The van der Waals surface area contributed by atoms with Crippen molar-refractivity contribution < 1.29 is 4.39 Å². The van der Waals surface area contributed by atoms with Gasteiger partial charge in [0.1, 0.15) is 5.82 Å². The van der Waals surface area contributed by atoms with Gasteiger partial charge in [0.25, 0.3) is 0 Å². The van der Waals surface area contributed by atoms with Gasteiger partial charge >= 0.3 is 0 Å². The summed E-state index contributed by atoms with van der Waals surface area (Å²) in [6.45, 7) is 5.83. The van der Waals surface area contributed by atoms with Crippen LogP contribution in [0.1, 0.15) is 43.4 Å². The monoisotopic (exact) mass is 191 g/mol. The molecule has 0 N–H and O–H groups in total. The number of rotatable bonds is 2. The van der Waals surface area contributed by atoms with Gasteiger partial charge in [-0.3, -0.25) is 0 Å². The summed E-state index contributed by atoms with van der Waals surface area (Å²) in [4.78, 5) is 0. The number of nitrogens with zero attached hydrogens (tertiary/aromatic N) is 1. The van der Waals surface area contributed by atoms with Gasteiger partial charge < -0.3 is 0 Å². The molecule has 14 heavy (non-hydrogen) atoms. The summed E-state index contributed by atoms with van der Waals surface area (Å²) in [5.41, 5.74) is 1.88. The van der Waals surface area contributed by atoms with Gasteiger partial charge in [0, 0.05) is 5.56 Å². The second kappa shape index (κ2) is 4.23. The van der Waals surface area contributed by atoms with Crippen molar-refractivity contribution in [3.8, 4) is 6.07 Å². The van der Waals surface area contributed by atoms with Crippen molar-refractivity contribution in [2.45, 2.75) is 33.1 Å². The van der Waals surface area contributed by atoms with E-state index in [1.54, 1.807) is 6.07 Å². The number of hydrogen-bond acceptors (Lipinski definition) is 1. The van der Waals surface area contributed by atoms with E-state index in [4.69, 9.17) is 5.26 Å². The highest BCUT2D eigenvalue weighted by molar-refractivity contribution is 5.42. The van der Waals surface area contributed by atoms with Crippen molar-refractivity contribution >= 4 is 0 Å². The third-order valence-corrected chi connectivity index (χ3v) is 2.36. The van der Waals surface area contributed by atoms with Crippen molar-refractivity contribution in [2.24, 2.45) is 0 Å². The topological polar surface area (TPSA) is 23.8 Å². The molecule has 0 unspecified atom stereocenters. The second-order valence-electron chi connectivity index (χ2n) is 3.65. The van der Waals surface area contributed by atoms with Crippen molar-refractivity contribution in [1.29, 1.82) is 5.26 Å². The Bertz CT molecular complexity index is 375. The van der Waals surface area contributed by atoms with E-state index in [0.29, 0.717) is 17.5 Å². The Labute approximate surface area is 84.2 Å². The summed E-state index contributed by atoms with van der Waals surface area (Å²) in [6.07, 6.45) is 0.563. The third kappa shape index (κ3) is 1.93. The van der Waals surface area contributed by atoms with Crippen molar-refractivity contribution in [3.05, 3.63) is 34.6 Å². The second-order valence-corrected chi connectivity index (χ2v) is 3.65. The van der Waals surface area contributed by atoms with E-state index in [1.165, 1.54) is 6.07 Å². The number of halogens is 1. The average Bonchev–Trinajstić information content (AvgIpc) is 2.16. The van der Waals surface area contributed by atoms with Crippen LogP contribution in [0.4, 0.5) is 4.39 Å².